The lowest BCUT2D eigenvalue weighted by molar-refractivity contribution is 0.225. The fourth-order valence-corrected chi connectivity index (χ4v) is 3.84. The first-order valence-corrected chi connectivity index (χ1v) is 11.2. The molecule has 9 nitrogen and oxygen atoms in total. The molecule has 164 valence electrons. The third-order valence-corrected chi connectivity index (χ3v) is 5.53. The van der Waals surface area contributed by atoms with Crippen molar-refractivity contribution in [1.82, 2.24) is 25.1 Å². The molecule has 1 atom stereocenters. The molecule has 3 heterocycles. The summed E-state index contributed by atoms with van der Waals surface area (Å²) < 4.78 is 7.31. The quantitative estimate of drug-likeness (QED) is 0.413. The lowest BCUT2D eigenvalue weighted by Crippen LogP contribution is -2.38. The van der Waals surface area contributed by atoms with E-state index in [0.717, 1.165) is 32.4 Å². The van der Waals surface area contributed by atoms with E-state index in [1.54, 1.807) is 4.57 Å². The highest BCUT2D eigenvalue weighted by Crippen LogP contribution is 2.24. The van der Waals surface area contributed by atoms with Gasteiger partial charge in [0.05, 0.1) is 6.61 Å². The highest BCUT2D eigenvalue weighted by Gasteiger charge is 2.25. The fraction of sp³-hybridized carbons (Fsp3) is 0.800. The fourth-order valence-electron chi connectivity index (χ4n) is 3.84. The minimum absolute atomic E-state index is 0.170. The molecule has 1 fully saturated rings. The highest BCUT2D eigenvalue weighted by atomic mass is 16.5. The molecule has 0 amide bonds. The van der Waals surface area contributed by atoms with E-state index in [1.807, 2.05) is 0 Å². The van der Waals surface area contributed by atoms with Gasteiger partial charge in [0, 0.05) is 6.54 Å². The van der Waals surface area contributed by atoms with Crippen LogP contribution in [0.15, 0.2) is 9.79 Å². The van der Waals surface area contributed by atoms with Crippen molar-refractivity contribution >= 4 is 11.8 Å². The van der Waals surface area contributed by atoms with Gasteiger partial charge in [-0.3, -0.25) is 4.57 Å². The summed E-state index contributed by atoms with van der Waals surface area (Å²) in [6.07, 6.45) is 7.58. The summed E-state index contributed by atoms with van der Waals surface area (Å²) in [6.45, 7) is 8.86. The Hall–Kier alpha value is -1.84. The van der Waals surface area contributed by atoms with Gasteiger partial charge in [0.2, 0.25) is 0 Å². The van der Waals surface area contributed by atoms with Crippen molar-refractivity contribution in [3.05, 3.63) is 16.2 Å². The van der Waals surface area contributed by atoms with Crippen molar-refractivity contribution in [2.75, 3.05) is 39.3 Å². The lowest BCUT2D eigenvalue weighted by atomic mass is 10.1. The number of H-pyrrole nitrogens is 1. The van der Waals surface area contributed by atoms with Crippen molar-refractivity contribution in [3.8, 4) is 0 Å². The van der Waals surface area contributed by atoms with E-state index in [2.05, 4.69) is 32.4 Å². The van der Waals surface area contributed by atoms with Crippen LogP contribution in [0.5, 0.6) is 0 Å². The number of aliphatic imine (C=N–C) groups is 1. The highest BCUT2D eigenvalue weighted by molar-refractivity contribution is 5.79. The van der Waals surface area contributed by atoms with Crippen molar-refractivity contribution in [2.45, 2.75) is 64.6 Å². The molecule has 1 saturated heterocycles. The average molecular weight is 408 g/mol. The van der Waals surface area contributed by atoms with E-state index >= 15 is 0 Å². The molecule has 1 aromatic rings. The standard InChI is InChI=1S/C20H37N7O2/c1-2-3-15-29-19-24-17(21)16-18(25-19)27(20(28)23-16)14-8-10-22-9-7-13-26-11-5-4-6-12-26/h17,22H,2-15,21H2,1H3,(H,23,28)(H,24,25). The van der Waals surface area contributed by atoms with Crippen LogP contribution in [0.2, 0.25) is 0 Å². The molecule has 29 heavy (non-hydrogen) atoms. The van der Waals surface area contributed by atoms with Gasteiger partial charge in [-0.2, -0.15) is 4.99 Å². The number of nitrogens with two attached hydrogens (primary N) is 1. The molecule has 0 aromatic carbocycles. The van der Waals surface area contributed by atoms with E-state index in [1.165, 1.54) is 45.3 Å². The largest absolute Gasteiger partial charge is 0.465 e. The van der Waals surface area contributed by atoms with Gasteiger partial charge in [-0.1, -0.05) is 19.8 Å². The van der Waals surface area contributed by atoms with Gasteiger partial charge < -0.3 is 31.0 Å². The predicted octanol–water partition coefficient (Wildman–Crippen LogP) is 1.40. The number of nitrogens with one attached hydrogen (secondary N) is 3. The van der Waals surface area contributed by atoms with E-state index in [9.17, 15) is 4.79 Å². The van der Waals surface area contributed by atoms with Gasteiger partial charge >= 0.3 is 5.69 Å². The van der Waals surface area contributed by atoms with Gasteiger partial charge in [-0.05, 0) is 64.8 Å². The Bertz CT molecular complexity index is 706. The SMILES string of the molecule is CCCCOC1=Nc2c([nH]c(=O)n2CCCNCCCN2CCCCC2)C(N)N1. The van der Waals surface area contributed by atoms with Gasteiger partial charge in [0.15, 0.2) is 5.82 Å². The number of likely N-dealkylation sites (tertiary alicyclic amines) is 1. The molecule has 0 spiro atoms. The van der Waals surface area contributed by atoms with E-state index in [-0.39, 0.29) is 5.69 Å². The first kappa shape index (κ1) is 21.9. The van der Waals surface area contributed by atoms with Crippen LogP contribution >= 0.6 is 0 Å². The molecule has 3 rings (SSSR count). The second-order valence-electron chi connectivity index (χ2n) is 7.92. The first-order chi connectivity index (χ1) is 14.2. The summed E-state index contributed by atoms with van der Waals surface area (Å²) in [5.41, 5.74) is 6.57. The Kier molecular flexibility index (Phi) is 8.57. The molecule has 0 saturated carbocycles. The van der Waals surface area contributed by atoms with Crippen LogP contribution in [-0.4, -0.2) is 59.8 Å². The zero-order chi connectivity index (χ0) is 20.5. The average Bonchev–Trinajstić information content (AvgIpc) is 3.04. The number of aromatic nitrogens is 2. The first-order valence-electron chi connectivity index (χ1n) is 11.2. The van der Waals surface area contributed by atoms with E-state index in [0.29, 0.717) is 30.7 Å². The predicted molar refractivity (Wildman–Crippen MR) is 115 cm³/mol. The minimum Gasteiger partial charge on any atom is -0.465 e. The van der Waals surface area contributed by atoms with Crippen LogP contribution in [0, 0.1) is 0 Å². The monoisotopic (exact) mass is 407 g/mol. The van der Waals surface area contributed by atoms with Gasteiger partial charge in [0.25, 0.3) is 6.02 Å². The number of imidazole rings is 1. The molecule has 5 N–H and O–H groups in total. The van der Waals surface area contributed by atoms with Crippen molar-refractivity contribution in [1.29, 1.82) is 0 Å². The summed E-state index contributed by atoms with van der Waals surface area (Å²) in [6, 6.07) is 0.391. The maximum absolute atomic E-state index is 12.3. The second kappa shape index (κ2) is 11.4. The number of fused-ring (bicyclic) bond motifs is 1. The van der Waals surface area contributed by atoms with Crippen LogP contribution in [0.1, 0.15) is 63.7 Å². The van der Waals surface area contributed by atoms with Crippen molar-refractivity contribution in [2.24, 2.45) is 10.7 Å². The van der Waals surface area contributed by atoms with Gasteiger partial charge in [-0.25, -0.2) is 4.79 Å². The third-order valence-electron chi connectivity index (χ3n) is 5.53. The number of unbranched alkanes of at least 4 members (excludes halogenated alkanes) is 1. The van der Waals surface area contributed by atoms with Crippen LogP contribution in [-0.2, 0) is 11.3 Å². The summed E-state index contributed by atoms with van der Waals surface area (Å²) in [5.74, 6) is 0.581. The normalized spacial score (nSPS) is 19.5. The van der Waals surface area contributed by atoms with Crippen LogP contribution in [0.3, 0.4) is 0 Å². The molecule has 0 radical (unpaired) electrons. The number of ether oxygens (including phenoxy) is 1. The van der Waals surface area contributed by atoms with Crippen LogP contribution in [0.4, 0.5) is 5.82 Å². The summed E-state index contributed by atoms with van der Waals surface area (Å²) in [7, 11) is 0. The maximum atomic E-state index is 12.3. The zero-order valence-electron chi connectivity index (χ0n) is 17.7. The minimum atomic E-state index is -0.513. The second-order valence-corrected chi connectivity index (χ2v) is 7.92. The molecule has 9 heteroatoms. The van der Waals surface area contributed by atoms with Crippen molar-refractivity contribution in [3.63, 3.8) is 0 Å². The molecule has 1 unspecified atom stereocenters. The Balaban J connectivity index is 1.42. The van der Waals surface area contributed by atoms with Crippen LogP contribution < -0.4 is 22.1 Å². The Morgan fingerprint density at radius 1 is 1.17 bits per heavy atom. The number of rotatable bonds is 11. The molecule has 2 aliphatic heterocycles. The molecular formula is C20H37N7O2. The Labute approximate surface area is 173 Å². The lowest BCUT2D eigenvalue weighted by Gasteiger charge is -2.26. The third kappa shape index (κ3) is 6.32. The molecule has 0 aliphatic carbocycles. The van der Waals surface area contributed by atoms with Crippen LogP contribution in [0.25, 0.3) is 0 Å². The smallest absolute Gasteiger partial charge is 0.327 e. The molecule has 1 aromatic heterocycles. The topological polar surface area (TPSA) is 113 Å². The van der Waals surface area contributed by atoms with Gasteiger partial charge in [-0.15, -0.1) is 0 Å². The molecular weight excluding hydrogens is 370 g/mol. The molecule has 0 bridgehead atoms. The van der Waals surface area contributed by atoms with E-state index in [4.69, 9.17) is 10.5 Å². The summed E-state index contributed by atoms with van der Waals surface area (Å²) >= 11 is 0. The Morgan fingerprint density at radius 2 is 1.93 bits per heavy atom. The van der Waals surface area contributed by atoms with Gasteiger partial charge in [0.1, 0.15) is 11.9 Å². The number of hydrogen-bond donors (Lipinski definition) is 4. The maximum Gasteiger partial charge on any atom is 0.327 e. The van der Waals surface area contributed by atoms with Crippen molar-refractivity contribution < 1.29 is 4.74 Å². The number of aromatic amines is 1. The summed E-state index contributed by atoms with van der Waals surface area (Å²) in [5, 5.41) is 6.48. The number of nitrogens with zero attached hydrogens (tertiary/aromatic N) is 3. The Morgan fingerprint density at radius 3 is 2.69 bits per heavy atom. The number of piperidine rings is 1. The molecule has 2 aliphatic rings. The number of hydrogen-bond acceptors (Lipinski definition) is 7. The number of amidine groups is 1. The van der Waals surface area contributed by atoms with E-state index < -0.39 is 6.17 Å². The zero-order valence-corrected chi connectivity index (χ0v) is 17.7. The summed E-state index contributed by atoms with van der Waals surface area (Å²) in [4.78, 5) is 22.2.